The molecule has 0 amide bonds. The molecule has 100 valence electrons. The van der Waals surface area contributed by atoms with E-state index in [4.69, 9.17) is 15.2 Å². The number of rotatable bonds is 5. The van der Waals surface area contributed by atoms with Gasteiger partial charge in [-0.3, -0.25) is 0 Å². The van der Waals surface area contributed by atoms with Crippen LogP contribution in [0.4, 0.5) is 5.69 Å². The van der Waals surface area contributed by atoms with Crippen molar-refractivity contribution >= 4 is 21.6 Å². The number of hydrogen-bond donors (Lipinski definition) is 1. The third-order valence-electron chi connectivity index (χ3n) is 2.60. The van der Waals surface area contributed by atoms with Gasteiger partial charge in [-0.15, -0.1) is 0 Å². The Kier molecular flexibility index (Phi) is 4.68. The highest BCUT2D eigenvalue weighted by molar-refractivity contribution is 9.10. The lowest BCUT2D eigenvalue weighted by molar-refractivity contribution is 0.216. The number of ether oxygens (including phenoxy) is 2. The van der Waals surface area contributed by atoms with Gasteiger partial charge in [0.25, 0.3) is 0 Å². The zero-order valence-corrected chi connectivity index (χ0v) is 12.3. The van der Waals surface area contributed by atoms with Crippen molar-refractivity contribution < 1.29 is 9.47 Å². The van der Waals surface area contributed by atoms with Crippen LogP contribution in [-0.4, -0.2) is 13.2 Å². The van der Waals surface area contributed by atoms with Gasteiger partial charge in [0.15, 0.2) is 0 Å². The van der Waals surface area contributed by atoms with E-state index >= 15 is 0 Å². The minimum atomic E-state index is 0.497. The number of halogens is 1. The van der Waals surface area contributed by atoms with Crippen LogP contribution in [-0.2, 0) is 0 Å². The molecular weight excluding hydrogens is 306 g/mol. The van der Waals surface area contributed by atoms with E-state index in [9.17, 15) is 0 Å². The van der Waals surface area contributed by atoms with Crippen LogP contribution in [0.3, 0.4) is 0 Å². The van der Waals surface area contributed by atoms with Gasteiger partial charge in [-0.2, -0.15) is 0 Å². The average molecular weight is 322 g/mol. The van der Waals surface area contributed by atoms with Crippen LogP contribution in [0, 0.1) is 6.92 Å². The normalized spacial score (nSPS) is 10.2. The molecule has 0 spiro atoms. The molecule has 2 N–H and O–H groups in total. The Morgan fingerprint density at radius 1 is 1.05 bits per heavy atom. The van der Waals surface area contributed by atoms with Crippen LogP contribution >= 0.6 is 15.9 Å². The summed E-state index contributed by atoms with van der Waals surface area (Å²) >= 11 is 3.40. The average Bonchev–Trinajstić information content (AvgIpc) is 2.37. The van der Waals surface area contributed by atoms with Crippen molar-refractivity contribution in [1.82, 2.24) is 0 Å². The van der Waals surface area contributed by atoms with E-state index in [1.54, 1.807) is 0 Å². The lowest BCUT2D eigenvalue weighted by Gasteiger charge is -2.10. The summed E-state index contributed by atoms with van der Waals surface area (Å²) in [6.45, 7) is 2.97. The van der Waals surface area contributed by atoms with Crippen LogP contribution in [0.15, 0.2) is 46.9 Å². The Bertz CT molecular complexity index is 558. The maximum absolute atomic E-state index is 5.69. The Morgan fingerprint density at radius 2 is 1.84 bits per heavy atom. The quantitative estimate of drug-likeness (QED) is 0.673. The molecule has 3 nitrogen and oxygen atoms in total. The predicted octanol–water partition coefficient (Wildman–Crippen LogP) is 3.80. The summed E-state index contributed by atoms with van der Waals surface area (Å²) in [6, 6.07) is 13.3. The van der Waals surface area contributed by atoms with Crippen molar-refractivity contribution in [2.75, 3.05) is 18.9 Å². The molecule has 0 atom stereocenters. The molecule has 0 saturated heterocycles. The van der Waals surface area contributed by atoms with Crippen molar-refractivity contribution in [2.24, 2.45) is 0 Å². The zero-order valence-electron chi connectivity index (χ0n) is 10.7. The maximum Gasteiger partial charge on any atom is 0.122 e. The molecule has 0 fully saturated rings. The number of nitrogens with two attached hydrogens (primary N) is 1. The Labute approximate surface area is 121 Å². The molecule has 0 unspecified atom stereocenters. The number of hydrogen-bond acceptors (Lipinski definition) is 3. The van der Waals surface area contributed by atoms with Gasteiger partial charge in [-0.1, -0.05) is 22.0 Å². The molecule has 2 aromatic rings. The van der Waals surface area contributed by atoms with Crippen LogP contribution in [0.25, 0.3) is 0 Å². The Hall–Kier alpha value is -1.68. The first kappa shape index (κ1) is 13.7. The van der Waals surface area contributed by atoms with Gasteiger partial charge in [0.1, 0.15) is 24.7 Å². The lowest BCUT2D eigenvalue weighted by Crippen LogP contribution is -2.09. The van der Waals surface area contributed by atoms with Gasteiger partial charge < -0.3 is 15.2 Å². The van der Waals surface area contributed by atoms with E-state index in [1.807, 2.05) is 49.4 Å². The Morgan fingerprint density at radius 3 is 2.58 bits per heavy atom. The molecule has 0 aliphatic heterocycles. The first-order valence-electron chi connectivity index (χ1n) is 6.02. The van der Waals surface area contributed by atoms with Gasteiger partial charge in [0.2, 0.25) is 0 Å². The Balaban J connectivity index is 1.81. The highest BCUT2D eigenvalue weighted by atomic mass is 79.9. The fourth-order valence-electron chi connectivity index (χ4n) is 1.70. The SMILES string of the molecule is Cc1cc(N)ccc1OCCOc1cccc(Br)c1. The van der Waals surface area contributed by atoms with Crippen LogP contribution in [0.1, 0.15) is 5.56 Å². The molecule has 19 heavy (non-hydrogen) atoms. The fourth-order valence-corrected chi connectivity index (χ4v) is 2.08. The monoisotopic (exact) mass is 321 g/mol. The number of anilines is 1. The van der Waals surface area contributed by atoms with Crippen molar-refractivity contribution in [1.29, 1.82) is 0 Å². The fraction of sp³-hybridized carbons (Fsp3) is 0.200. The summed E-state index contributed by atoms with van der Waals surface area (Å²) in [4.78, 5) is 0. The van der Waals surface area contributed by atoms with Crippen LogP contribution in [0.2, 0.25) is 0 Å². The third kappa shape index (κ3) is 4.17. The second-order valence-corrected chi connectivity index (χ2v) is 5.09. The molecule has 2 rings (SSSR count). The molecule has 0 bridgehead atoms. The van der Waals surface area contributed by atoms with Gasteiger partial charge in [-0.05, 0) is 48.9 Å². The van der Waals surface area contributed by atoms with Crippen molar-refractivity contribution in [3.8, 4) is 11.5 Å². The van der Waals surface area contributed by atoms with E-state index < -0.39 is 0 Å². The summed E-state index contributed by atoms with van der Waals surface area (Å²) in [7, 11) is 0. The number of aryl methyl sites for hydroxylation is 1. The lowest BCUT2D eigenvalue weighted by atomic mass is 10.2. The molecule has 0 aromatic heterocycles. The zero-order chi connectivity index (χ0) is 13.7. The highest BCUT2D eigenvalue weighted by Crippen LogP contribution is 2.20. The minimum absolute atomic E-state index is 0.497. The van der Waals surface area contributed by atoms with E-state index in [0.29, 0.717) is 13.2 Å². The number of benzene rings is 2. The van der Waals surface area contributed by atoms with E-state index in [-0.39, 0.29) is 0 Å². The predicted molar refractivity (Wildman–Crippen MR) is 80.7 cm³/mol. The molecule has 2 aromatic carbocycles. The molecule has 0 aliphatic rings. The van der Waals surface area contributed by atoms with Gasteiger partial charge in [-0.25, -0.2) is 0 Å². The summed E-state index contributed by atoms with van der Waals surface area (Å²) in [5.74, 6) is 1.67. The third-order valence-corrected chi connectivity index (χ3v) is 3.10. The molecule has 0 radical (unpaired) electrons. The largest absolute Gasteiger partial charge is 0.490 e. The molecule has 0 aliphatic carbocycles. The molecule has 0 saturated carbocycles. The second kappa shape index (κ2) is 6.48. The van der Waals surface area contributed by atoms with Gasteiger partial charge in [0.05, 0.1) is 0 Å². The summed E-state index contributed by atoms with van der Waals surface area (Å²) in [5, 5.41) is 0. The molecule has 4 heteroatoms. The van der Waals surface area contributed by atoms with Gasteiger partial charge >= 0.3 is 0 Å². The van der Waals surface area contributed by atoms with Crippen LogP contribution < -0.4 is 15.2 Å². The van der Waals surface area contributed by atoms with Crippen LogP contribution in [0.5, 0.6) is 11.5 Å². The van der Waals surface area contributed by atoms with E-state index in [1.165, 1.54) is 0 Å². The standard InChI is InChI=1S/C15H16BrNO2/c1-11-9-13(17)5-6-15(11)19-8-7-18-14-4-2-3-12(16)10-14/h2-6,9-10H,7-8,17H2,1H3. The van der Waals surface area contributed by atoms with Crippen molar-refractivity contribution in [3.05, 3.63) is 52.5 Å². The summed E-state index contributed by atoms with van der Waals surface area (Å²) < 4.78 is 12.2. The first-order chi connectivity index (χ1) is 9.15. The number of nitrogen functional groups attached to an aromatic ring is 1. The highest BCUT2D eigenvalue weighted by Gasteiger charge is 2.00. The van der Waals surface area contributed by atoms with E-state index in [0.717, 1.165) is 27.2 Å². The minimum Gasteiger partial charge on any atom is -0.490 e. The molecule has 0 heterocycles. The maximum atomic E-state index is 5.69. The smallest absolute Gasteiger partial charge is 0.122 e. The topological polar surface area (TPSA) is 44.5 Å². The van der Waals surface area contributed by atoms with E-state index in [2.05, 4.69) is 15.9 Å². The van der Waals surface area contributed by atoms with Crippen molar-refractivity contribution in [3.63, 3.8) is 0 Å². The van der Waals surface area contributed by atoms with Crippen molar-refractivity contribution in [2.45, 2.75) is 6.92 Å². The summed E-state index contributed by atoms with van der Waals surface area (Å²) in [5.41, 5.74) is 7.46. The summed E-state index contributed by atoms with van der Waals surface area (Å²) in [6.07, 6.45) is 0. The van der Waals surface area contributed by atoms with Gasteiger partial charge in [0, 0.05) is 10.2 Å². The molecular formula is C15H16BrNO2. The second-order valence-electron chi connectivity index (χ2n) is 4.18. The first-order valence-corrected chi connectivity index (χ1v) is 6.82.